The minimum atomic E-state index is -0.414. The number of aromatic nitrogens is 2. The fraction of sp³-hybridized carbons (Fsp3) is 0.435. The lowest BCUT2D eigenvalue weighted by molar-refractivity contribution is 0.0588. The third-order valence-electron chi connectivity index (χ3n) is 4.76. The summed E-state index contributed by atoms with van der Waals surface area (Å²) in [5.41, 5.74) is 4.70. The van der Waals surface area contributed by atoms with E-state index in [1.165, 1.54) is 5.56 Å². The van der Waals surface area contributed by atoms with Crippen LogP contribution in [-0.4, -0.2) is 27.6 Å². The van der Waals surface area contributed by atoms with E-state index in [2.05, 4.69) is 31.9 Å². The normalized spacial score (nSPS) is 12.2. The van der Waals surface area contributed by atoms with Crippen LogP contribution in [0.15, 0.2) is 24.3 Å². The fourth-order valence-corrected chi connectivity index (χ4v) is 3.39. The topological polar surface area (TPSA) is 77.1 Å². The van der Waals surface area contributed by atoms with Gasteiger partial charge in [0.15, 0.2) is 5.76 Å². The van der Waals surface area contributed by atoms with Crippen molar-refractivity contribution in [2.24, 2.45) is 7.05 Å². The number of nitriles is 1. The van der Waals surface area contributed by atoms with Crippen LogP contribution in [-0.2, 0) is 21.9 Å². The number of hydrogen-bond donors (Lipinski definition) is 0. The Morgan fingerprint density at radius 1 is 1.20 bits per heavy atom. The lowest BCUT2D eigenvalue weighted by Crippen LogP contribution is -2.11. The van der Waals surface area contributed by atoms with Gasteiger partial charge in [0.25, 0.3) is 0 Å². The van der Waals surface area contributed by atoms with Gasteiger partial charge < -0.3 is 9.47 Å². The van der Waals surface area contributed by atoms with E-state index in [9.17, 15) is 10.1 Å². The molecule has 0 aliphatic carbocycles. The summed E-state index contributed by atoms with van der Waals surface area (Å²) in [4.78, 5) is 11.7. The van der Waals surface area contributed by atoms with E-state index in [1.54, 1.807) is 11.7 Å². The Hall–Kier alpha value is -2.72. The highest BCUT2D eigenvalue weighted by molar-refractivity contribution is 8.13. The summed E-state index contributed by atoms with van der Waals surface area (Å²) in [7, 11) is 1.80. The number of nitrogens with zero attached hydrogens (tertiary/aromatic N) is 3. The molecule has 0 radical (unpaired) electrons. The summed E-state index contributed by atoms with van der Waals surface area (Å²) in [5, 5.41) is 14.0. The van der Waals surface area contributed by atoms with Crippen LogP contribution in [0, 0.1) is 25.2 Å². The molecule has 0 N–H and O–H groups in total. The van der Waals surface area contributed by atoms with Crippen molar-refractivity contribution >= 4 is 28.4 Å². The third kappa shape index (κ3) is 5.45. The lowest BCUT2D eigenvalue weighted by Gasteiger charge is -2.19. The minimum absolute atomic E-state index is 0.00919. The van der Waals surface area contributed by atoms with Crippen LogP contribution in [0.25, 0.3) is 11.3 Å². The number of ether oxygens (including phenoxy) is 2. The van der Waals surface area contributed by atoms with Crippen molar-refractivity contribution in [3.63, 3.8) is 0 Å². The second-order valence-corrected chi connectivity index (χ2v) is 9.11. The van der Waals surface area contributed by atoms with Crippen LogP contribution in [0.1, 0.15) is 55.8 Å². The molecular weight excluding hydrogens is 398 g/mol. The van der Waals surface area contributed by atoms with Gasteiger partial charge in [-0.2, -0.15) is 10.4 Å². The molecule has 1 heterocycles. The van der Waals surface area contributed by atoms with Gasteiger partial charge >= 0.3 is 5.30 Å². The first-order chi connectivity index (χ1) is 14.1. The average molecular weight is 428 g/mol. The zero-order valence-electron chi connectivity index (χ0n) is 18.7. The lowest BCUT2D eigenvalue weighted by atomic mass is 9.86. The van der Waals surface area contributed by atoms with E-state index in [1.807, 2.05) is 45.0 Å². The molecule has 0 spiro atoms. The highest BCUT2D eigenvalue weighted by atomic mass is 32.2. The van der Waals surface area contributed by atoms with Gasteiger partial charge in [0.05, 0.1) is 5.69 Å². The monoisotopic (exact) mass is 427 g/mol. The molecule has 160 valence electrons. The van der Waals surface area contributed by atoms with Crippen molar-refractivity contribution in [3.05, 3.63) is 52.3 Å². The molecule has 0 aliphatic rings. The molecule has 0 unspecified atom stereocenters. The van der Waals surface area contributed by atoms with Gasteiger partial charge in [0.2, 0.25) is 6.79 Å². The number of hydrogen-bond acceptors (Lipinski definition) is 6. The molecule has 0 atom stereocenters. The van der Waals surface area contributed by atoms with E-state index >= 15 is 0 Å². The van der Waals surface area contributed by atoms with E-state index in [0.29, 0.717) is 22.8 Å². The molecule has 7 heteroatoms. The van der Waals surface area contributed by atoms with Crippen molar-refractivity contribution in [3.8, 4) is 6.07 Å². The summed E-state index contributed by atoms with van der Waals surface area (Å²) in [6.07, 6.45) is 0. The SMILES string of the molecule is CCSC(=O)OCO/C(=C(/C#N)c1ccc(C(C)(C)C)cc1)c1c(C)c(C)nn1C. The van der Waals surface area contributed by atoms with Crippen LogP contribution in [0.3, 0.4) is 0 Å². The molecule has 6 nitrogen and oxygen atoms in total. The summed E-state index contributed by atoms with van der Waals surface area (Å²) in [6.45, 7) is 11.8. The van der Waals surface area contributed by atoms with E-state index < -0.39 is 5.30 Å². The smallest absolute Gasteiger partial charge is 0.370 e. The molecule has 0 saturated carbocycles. The largest absolute Gasteiger partial charge is 0.454 e. The number of rotatable bonds is 6. The zero-order valence-corrected chi connectivity index (χ0v) is 19.5. The Bertz CT molecular complexity index is 977. The first kappa shape index (κ1) is 23.6. The Morgan fingerprint density at radius 2 is 1.83 bits per heavy atom. The minimum Gasteiger partial charge on any atom is -0.454 e. The van der Waals surface area contributed by atoms with E-state index in [4.69, 9.17) is 9.47 Å². The number of aryl methyl sites for hydroxylation is 2. The van der Waals surface area contributed by atoms with E-state index in [0.717, 1.165) is 28.6 Å². The van der Waals surface area contributed by atoms with Gasteiger partial charge in [0.1, 0.15) is 17.3 Å². The summed E-state index contributed by atoms with van der Waals surface area (Å²) in [6, 6.07) is 10.1. The van der Waals surface area contributed by atoms with Gasteiger partial charge in [-0.15, -0.1) is 0 Å². The van der Waals surface area contributed by atoms with Gasteiger partial charge in [-0.25, -0.2) is 4.79 Å². The molecule has 1 aromatic carbocycles. The number of thioether (sulfide) groups is 1. The fourth-order valence-electron chi connectivity index (χ4n) is 3.02. The number of carbonyl (C=O) groups excluding carboxylic acids is 1. The van der Waals surface area contributed by atoms with Crippen LogP contribution in [0.2, 0.25) is 0 Å². The first-order valence-electron chi connectivity index (χ1n) is 9.78. The summed E-state index contributed by atoms with van der Waals surface area (Å²) in [5.74, 6) is 0.960. The first-order valence-corrected chi connectivity index (χ1v) is 10.8. The van der Waals surface area contributed by atoms with Crippen LogP contribution in [0.4, 0.5) is 4.79 Å². The molecule has 0 saturated heterocycles. The number of benzene rings is 1. The molecular formula is C23H29N3O3S. The van der Waals surface area contributed by atoms with Crippen molar-refractivity contribution < 1.29 is 14.3 Å². The second-order valence-electron chi connectivity index (χ2n) is 7.92. The third-order valence-corrected chi connectivity index (χ3v) is 5.40. The molecule has 0 bridgehead atoms. The maximum Gasteiger partial charge on any atom is 0.370 e. The molecule has 30 heavy (non-hydrogen) atoms. The summed E-state index contributed by atoms with van der Waals surface area (Å²) >= 11 is 1.06. The molecule has 0 aliphatic heterocycles. The highest BCUT2D eigenvalue weighted by Crippen LogP contribution is 2.31. The number of carbonyl (C=O) groups is 1. The Labute approximate surface area is 182 Å². The van der Waals surface area contributed by atoms with Crippen molar-refractivity contribution in [2.75, 3.05) is 12.5 Å². The van der Waals surface area contributed by atoms with Gasteiger partial charge in [-0.05, 0) is 42.2 Å². The van der Waals surface area contributed by atoms with Crippen LogP contribution in [0.5, 0.6) is 0 Å². The quantitative estimate of drug-likeness (QED) is 0.259. The van der Waals surface area contributed by atoms with Crippen LogP contribution < -0.4 is 0 Å². The van der Waals surface area contributed by atoms with Gasteiger partial charge in [0, 0.05) is 18.4 Å². The molecule has 0 fully saturated rings. The second kappa shape index (κ2) is 9.86. The maximum absolute atomic E-state index is 11.7. The molecule has 2 rings (SSSR count). The average Bonchev–Trinajstić information content (AvgIpc) is 2.93. The predicted octanol–water partition coefficient (Wildman–Crippen LogP) is 5.59. The number of allylic oxidation sites excluding steroid dienone is 1. The van der Waals surface area contributed by atoms with Crippen molar-refractivity contribution in [1.82, 2.24) is 9.78 Å². The molecule has 2 aromatic rings. The molecule has 0 amide bonds. The molecule has 1 aromatic heterocycles. The maximum atomic E-state index is 11.7. The van der Waals surface area contributed by atoms with Gasteiger partial charge in [-0.1, -0.05) is 52.0 Å². The standard InChI is InChI=1S/C23H29N3O3S/c1-8-30-22(27)29-14-28-21(20-15(2)16(3)25-26(20)7)19(13-24)17-9-11-18(12-10-17)23(4,5)6/h9-12H,8,14H2,1-7H3/b21-19-. The predicted molar refractivity (Wildman–Crippen MR) is 121 cm³/mol. The van der Waals surface area contributed by atoms with Crippen LogP contribution >= 0.6 is 11.8 Å². The Morgan fingerprint density at radius 3 is 2.30 bits per heavy atom. The van der Waals surface area contributed by atoms with Crippen molar-refractivity contribution in [2.45, 2.75) is 47.0 Å². The van der Waals surface area contributed by atoms with Crippen molar-refractivity contribution in [1.29, 1.82) is 5.26 Å². The van der Waals surface area contributed by atoms with Gasteiger partial charge in [-0.3, -0.25) is 4.68 Å². The highest BCUT2D eigenvalue weighted by Gasteiger charge is 2.22. The van der Waals surface area contributed by atoms with E-state index in [-0.39, 0.29) is 12.2 Å². The Balaban J connectivity index is 2.52. The summed E-state index contributed by atoms with van der Waals surface area (Å²) < 4.78 is 12.7. The zero-order chi connectivity index (χ0) is 22.5. The Kier molecular flexibility index (Phi) is 7.74.